The third-order valence-electron chi connectivity index (χ3n) is 18.0. The topological polar surface area (TPSA) is 217 Å². The van der Waals surface area contributed by atoms with Gasteiger partial charge in [0.25, 0.3) is 0 Å². The summed E-state index contributed by atoms with van der Waals surface area (Å²) in [6.07, 6.45) is -7.28. The molecule has 8 N–H and O–H groups in total. The quantitative estimate of drug-likeness (QED) is 0.176. The van der Waals surface area contributed by atoms with Crippen LogP contribution in [0.5, 0.6) is 0 Å². The van der Waals surface area contributed by atoms with E-state index in [0.29, 0.717) is 5.92 Å². The minimum absolute atomic E-state index is 0.0106. The Bertz CT molecular complexity index is 1500. The second-order valence-corrected chi connectivity index (χ2v) is 21.1. The largest absolute Gasteiger partial charge is 0.394 e. The third-order valence-corrected chi connectivity index (χ3v) is 18.0. The fraction of sp³-hybridized carbons (Fsp3) is 1.00. The molecule has 9 aliphatic rings. The summed E-state index contributed by atoms with van der Waals surface area (Å²) >= 11 is 0. The van der Waals surface area contributed by atoms with Gasteiger partial charge < -0.3 is 69.3 Å². The zero-order valence-electron chi connectivity index (χ0n) is 33.4. The van der Waals surface area contributed by atoms with E-state index in [4.69, 9.17) is 28.4 Å². The van der Waals surface area contributed by atoms with Crippen LogP contribution in [0, 0.1) is 50.7 Å². The van der Waals surface area contributed by atoms with E-state index in [-0.39, 0.29) is 58.2 Å². The van der Waals surface area contributed by atoms with E-state index in [1.807, 2.05) is 0 Å². The molecule has 4 saturated heterocycles. The molecule has 4 aliphatic heterocycles. The van der Waals surface area contributed by atoms with Crippen LogP contribution < -0.4 is 0 Å². The molecule has 22 atom stereocenters. The summed E-state index contributed by atoms with van der Waals surface area (Å²) in [6, 6.07) is 0. The zero-order chi connectivity index (χ0) is 39.6. The standard InChI is InChI=1S/C41H66O14/c1-18-14-20-31(36(4,5)49)55-41(54-20)30(18)37(6)12-13-40-17-39(40)11-10-24(35(2,3)22(39)8-9-23(40)38(37,7)34(41)48)52-33-29(25(44)19(43)16-50-33)53-32-28(47)27(46)26(45)21(15-42)51-32/h18-34,42-49H,8-17H2,1-7H3. The van der Waals surface area contributed by atoms with E-state index in [1.54, 1.807) is 13.8 Å². The molecule has 14 heteroatoms. The molecule has 9 fully saturated rings. The average Bonchev–Trinajstić information content (AvgIpc) is 3.63. The maximum atomic E-state index is 12.8. The number of aliphatic hydroxyl groups excluding tert-OH is 7. The van der Waals surface area contributed by atoms with Gasteiger partial charge in [-0.05, 0) is 105 Å². The van der Waals surface area contributed by atoms with Crippen LogP contribution in [0.2, 0.25) is 0 Å². The van der Waals surface area contributed by atoms with Gasteiger partial charge in [-0.1, -0.05) is 34.6 Å². The van der Waals surface area contributed by atoms with E-state index >= 15 is 0 Å². The lowest BCUT2D eigenvalue weighted by Gasteiger charge is -2.63. The van der Waals surface area contributed by atoms with Crippen LogP contribution in [-0.4, -0.2) is 145 Å². The molecular formula is C41H66O14. The lowest BCUT2D eigenvalue weighted by atomic mass is 9.41. The van der Waals surface area contributed by atoms with Crippen LogP contribution in [0.15, 0.2) is 0 Å². The normalized spacial score (nSPS) is 60.6. The first-order chi connectivity index (χ1) is 25.6. The molecule has 0 aromatic carbocycles. The molecule has 314 valence electrons. The Hall–Kier alpha value is -0.560. The van der Waals surface area contributed by atoms with E-state index in [0.717, 1.165) is 51.4 Å². The highest BCUT2D eigenvalue weighted by Crippen LogP contribution is 2.90. The lowest BCUT2D eigenvalue weighted by molar-refractivity contribution is -0.366. The molecule has 0 amide bonds. The number of rotatable bonds is 6. The van der Waals surface area contributed by atoms with E-state index in [2.05, 4.69) is 34.6 Å². The smallest absolute Gasteiger partial charge is 0.199 e. The number of ether oxygens (including phenoxy) is 6. The van der Waals surface area contributed by atoms with Gasteiger partial charge >= 0.3 is 0 Å². The van der Waals surface area contributed by atoms with Crippen molar-refractivity contribution in [2.24, 2.45) is 50.7 Å². The highest BCUT2D eigenvalue weighted by atomic mass is 16.8. The molecule has 4 heterocycles. The summed E-state index contributed by atoms with van der Waals surface area (Å²) in [5.41, 5.74) is -1.96. The first-order valence-electron chi connectivity index (χ1n) is 21.0. The van der Waals surface area contributed by atoms with Gasteiger partial charge in [-0.15, -0.1) is 0 Å². The molecule has 5 saturated carbocycles. The fourth-order valence-electron chi connectivity index (χ4n) is 15.4. The van der Waals surface area contributed by atoms with Gasteiger partial charge in [-0.3, -0.25) is 0 Å². The number of aliphatic hydroxyl groups is 8. The Morgan fingerprint density at radius 2 is 1.47 bits per heavy atom. The summed E-state index contributed by atoms with van der Waals surface area (Å²) in [7, 11) is 0. The number of fused-ring (bicyclic) bond motifs is 4. The molecular weight excluding hydrogens is 716 g/mol. The first kappa shape index (κ1) is 39.9. The minimum atomic E-state index is -1.70. The minimum Gasteiger partial charge on any atom is -0.394 e. The Kier molecular flexibility index (Phi) is 9.06. The van der Waals surface area contributed by atoms with Gasteiger partial charge in [-0.25, -0.2) is 0 Å². The predicted molar refractivity (Wildman–Crippen MR) is 191 cm³/mol. The van der Waals surface area contributed by atoms with Crippen LogP contribution >= 0.6 is 0 Å². The highest BCUT2D eigenvalue weighted by molar-refractivity contribution is 5.34. The van der Waals surface area contributed by atoms with E-state index in [1.165, 1.54) is 0 Å². The van der Waals surface area contributed by atoms with Crippen molar-refractivity contribution >= 4 is 0 Å². The van der Waals surface area contributed by atoms with Crippen molar-refractivity contribution in [3.8, 4) is 0 Å². The molecule has 9 rings (SSSR count). The molecule has 0 aromatic rings. The molecule has 14 nitrogen and oxygen atoms in total. The van der Waals surface area contributed by atoms with E-state index < -0.39 is 90.9 Å². The third kappa shape index (κ3) is 4.98. The van der Waals surface area contributed by atoms with Gasteiger partial charge in [-0.2, -0.15) is 0 Å². The second kappa shape index (κ2) is 12.5. The molecule has 2 bridgehead atoms. The maximum absolute atomic E-state index is 12.8. The van der Waals surface area contributed by atoms with Crippen molar-refractivity contribution in [3.05, 3.63) is 0 Å². The number of hydrogen-bond acceptors (Lipinski definition) is 14. The summed E-state index contributed by atoms with van der Waals surface area (Å²) < 4.78 is 38.0. The van der Waals surface area contributed by atoms with Gasteiger partial charge in [0.2, 0.25) is 0 Å². The average molecular weight is 783 g/mol. The molecule has 0 radical (unpaired) electrons. The van der Waals surface area contributed by atoms with Gasteiger partial charge in [0.05, 0.1) is 31.0 Å². The Morgan fingerprint density at radius 1 is 0.782 bits per heavy atom. The summed E-state index contributed by atoms with van der Waals surface area (Å²) in [6.45, 7) is 14.2. The molecule has 22 unspecified atom stereocenters. The van der Waals surface area contributed by atoms with Crippen LogP contribution in [0.25, 0.3) is 0 Å². The summed E-state index contributed by atoms with van der Waals surface area (Å²) in [5, 5.41) is 86.7. The van der Waals surface area contributed by atoms with Crippen LogP contribution in [0.1, 0.15) is 99.8 Å². The van der Waals surface area contributed by atoms with Crippen LogP contribution in [0.4, 0.5) is 0 Å². The van der Waals surface area contributed by atoms with Crippen molar-refractivity contribution in [1.82, 2.24) is 0 Å². The Morgan fingerprint density at radius 3 is 2.16 bits per heavy atom. The summed E-state index contributed by atoms with van der Waals surface area (Å²) in [5.74, 6) is -0.276. The molecule has 55 heavy (non-hydrogen) atoms. The highest BCUT2D eigenvalue weighted by Gasteiger charge is 2.88. The SMILES string of the molecule is CC1CC2OC3(OC2C(C)(C)O)C1C1(C)CCC24CC25CCC(OC2OCC(O)C(O)C2OC2OC(CO)C(O)C(O)C2O)C(C)(C)C5CCC4C1(C)C3O. The molecule has 3 spiro atoms. The predicted octanol–water partition coefficient (Wildman–Crippen LogP) is 0.946. The number of hydrogen-bond donors (Lipinski definition) is 8. The first-order valence-corrected chi connectivity index (χ1v) is 21.0. The van der Waals surface area contributed by atoms with Crippen molar-refractivity contribution < 1.29 is 69.3 Å². The Balaban J connectivity index is 0.962. The zero-order valence-corrected chi connectivity index (χ0v) is 33.4. The van der Waals surface area contributed by atoms with E-state index in [9.17, 15) is 40.9 Å². The van der Waals surface area contributed by atoms with Gasteiger partial charge in [0.15, 0.2) is 18.4 Å². The van der Waals surface area contributed by atoms with Crippen molar-refractivity contribution in [1.29, 1.82) is 0 Å². The van der Waals surface area contributed by atoms with Gasteiger partial charge in [0.1, 0.15) is 54.9 Å². The van der Waals surface area contributed by atoms with Crippen molar-refractivity contribution in [3.63, 3.8) is 0 Å². The molecule has 5 aliphatic carbocycles. The fourth-order valence-corrected chi connectivity index (χ4v) is 15.4. The lowest BCUT2D eigenvalue weighted by Crippen LogP contribution is -2.64. The second-order valence-electron chi connectivity index (χ2n) is 21.1. The van der Waals surface area contributed by atoms with Crippen LogP contribution in [-0.2, 0) is 28.4 Å². The Labute approximate surface area is 323 Å². The van der Waals surface area contributed by atoms with Crippen molar-refractivity contribution in [2.75, 3.05) is 13.2 Å². The summed E-state index contributed by atoms with van der Waals surface area (Å²) in [4.78, 5) is 0. The van der Waals surface area contributed by atoms with Crippen LogP contribution in [0.3, 0.4) is 0 Å². The molecule has 0 aromatic heterocycles. The van der Waals surface area contributed by atoms with Crippen molar-refractivity contribution in [2.45, 2.75) is 191 Å². The monoisotopic (exact) mass is 782 g/mol. The van der Waals surface area contributed by atoms with Gasteiger partial charge in [0, 0.05) is 11.3 Å². The maximum Gasteiger partial charge on any atom is 0.199 e.